The number of hydrogen-bond acceptors (Lipinski definition) is 5. The molecule has 0 bridgehead atoms. The lowest BCUT2D eigenvalue weighted by Crippen LogP contribution is -2.36. The van der Waals surface area contributed by atoms with Gasteiger partial charge in [-0.3, -0.25) is 9.78 Å². The van der Waals surface area contributed by atoms with Crippen molar-refractivity contribution in [3.8, 4) is 11.5 Å². The van der Waals surface area contributed by atoms with Gasteiger partial charge in [0.1, 0.15) is 0 Å². The Hall–Kier alpha value is -2.60. The zero-order chi connectivity index (χ0) is 17.2. The van der Waals surface area contributed by atoms with E-state index in [1.54, 1.807) is 18.2 Å². The van der Waals surface area contributed by atoms with Crippen LogP contribution in [0.4, 0.5) is 0 Å². The van der Waals surface area contributed by atoms with E-state index in [9.17, 15) is 4.79 Å². The quantitative estimate of drug-likeness (QED) is 0.856. The predicted molar refractivity (Wildman–Crippen MR) is 90.6 cm³/mol. The SMILES string of the molecule is CCOCc1cncc2c1CCN(C(=O)c1ccc3c(c1)OCO3)C2. The Kier molecular flexibility index (Phi) is 4.28. The van der Waals surface area contributed by atoms with E-state index < -0.39 is 0 Å². The van der Waals surface area contributed by atoms with E-state index in [2.05, 4.69) is 4.98 Å². The summed E-state index contributed by atoms with van der Waals surface area (Å²) in [5.74, 6) is 1.31. The van der Waals surface area contributed by atoms with Gasteiger partial charge in [-0.1, -0.05) is 0 Å². The highest BCUT2D eigenvalue weighted by atomic mass is 16.7. The van der Waals surface area contributed by atoms with Crippen LogP contribution in [0.25, 0.3) is 0 Å². The molecule has 2 aromatic rings. The summed E-state index contributed by atoms with van der Waals surface area (Å²) in [5.41, 5.74) is 4.09. The number of carbonyl (C=O) groups is 1. The van der Waals surface area contributed by atoms with E-state index in [1.165, 1.54) is 5.56 Å². The second-order valence-electron chi connectivity index (χ2n) is 6.12. The molecule has 0 spiro atoms. The second-order valence-corrected chi connectivity index (χ2v) is 6.12. The number of nitrogens with zero attached hydrogens (tertiary/aromatic N) is 2. The smallest absolute Gasteiger partial charge is 0.254 e. The number of ether oxygens (including phenoxy) is 3. The average molecular weight is 340 g/mol. The molecule has 4 rings (SSSR count). The molecule has 1 aromatic heterocycles. The molecule has 2 aliphatic heterocycles. The van der Waals surface area contributed by atoms with Gasteiger partial charge < -0.3 is 19.1 Å². The number of rotatable bonds is 4. The number of hydrogen-bond donors (Lipinski definition) is 0. The van der Waals surface area contributed by atoms with E-state index in [-0.39, 0.29) is 12.7 Å². The van der Waals surface area contributed by atoms with Gasteiger partial charge in [0, 0.05) is 37.7 Å². The molecule has 0 saturated heterocycles. The minimum atomic E-state index is -0.000777. The molecular weight excluding hydrogens is 320 g/mol. The lowest BCUT2D eigenvalue weighted by atomic mass is 9.97. The zero-order valence-electron chi connectivity index (χ0n) is 14.2. The third-order valence-electron chi connectivity index (χ3n) is 4.60. The summed E-state index contributed by atoms with van der Waals surface area (Å²) in [6.07, 6.45) is 4.53. The van der Waals surface area contributed by atoms with E-state index >= 15 is 0 Å². The lowest BCUT2D eigenvalue weighted by molar-refractivity contribution is 0.0732. The summed E-state index contributed by atoms with van der Waals surface area (Å²) >= 11 is 0. The molecule has 6 nitrogen and oxygen atoms in total. The molecule has 3 heterocycles. The van der Waals surface area contributed by atoms with Gasteiger partial charge in [-0.25, -0.2) is 0 Å². The Morgan fingerprint density at radius 3 is 3.04 bits per heavy atom. The third kappa shape index (κ3) is 3.05. The topological polar surface area (TPSA) is 60.9 Å². The van der Waals surface area contributed by atoms with Crippen LogP contribution in [0.15, 0.2) is 30.6 Å². The van der Waals surface area contributed by atoms with Gasteiger partial charge >= 0.3 is 0 Å². The molecule has 0 unspecified atom stereocenters. The van der Waals surface area contributed by atoms with Crippen molar-refractivity contribution in [2.45, 2.75) is 26.5 Å². The standard InChI is InChI=1S/C19H20N2O4/c1-2-23-11-15-9-20-8-14-10-21(6-5-16(14)15)19(22)13-3-4-17-18(7-13)25-12-24-17/h3-4,7-9H,2,5-6,10-12H2,1H3. The van der Waals surface area contributed by atoms with Crippen molar-refractivity contribution >= 4 is 5.91 Å². The fraction of sp³-hybridized carbons (Fsp3) is 0.368. The van der Waals surface area contributed by atoms with Crippen molar-refractivity contribution in [2.24, 2.45) is 0 Å². The largest absolute Gasteiger partial charge is 0.454 e. The van der Waals surface area contributed by atoms with Crippen molar-refractivity contribution < 1.29 is 19.0 Å². The summed E-state index contributed by atoms with van der Waals surface area (Å²) in [5, 5.41) is 0. The predicted octanol–water partition coefficient (Wildman–Crippen LogP) is 2.55. The average Bonchev–Trinajstić information content (AvgIpc) is 3.13. The van der Waals surface area contributed by atoms with Gasteiger partial charge in [-0.15, -0.1) is 0 Å². The van der Waals surface area contributed by atoms with Crippen LogP contribution < -0.4 is 9.47 Å². The monoisotopic (exact) mass is 340 g/mol. The molecule has 0 aliphatic carbocycles. The number of amides is 1. The Morgan fingerprint density at radius 2 is 2.16 bits per heavy atom. The number of aromatic nitrogens is 1. The number of pyridine rings is 1. The third-order valence-corrected chi connectivity index (χ3v) is 4.60. The van der Waals surface area contributed by atoms with Crippen molar-refractivity contribution in [1.29, 1.82) is 0 Å². The highest BCUT2D eigenvalue weighted by Gasteiger charge is 2.25. The lowest BCUT2D eigenvalue weighted by Gasteiger charge is -2.30. The minimum Gasteiger partial charge on any atom is -0.454 e. The molecule has 0 saturated carbocycles. The second kappa shape index (κ2) is 6.72. The van der Waals surface area contributed by atoms with Crippen LogP contribution in [0.3, 0.4) is 0 Å². The summed E-state index contributed by atoms with van der Waals surface area (Å²) < 4.78 is 16.2. The molecule has 6 heteroatoms. The Morgan fingerprint density at radius 1 is 1.28 bits per heavy atom. The van der Waals surface area contributed by atoms with Crippen LogP contribution in [0.1, 0.15) is 34.0 Å². The fourth-order valence-electron chi connectivity index (χ4n) is 3.29. The maximum atomic E-state index is 12.9. The number of fused-ring (bicyclic) bond motifs is 2. The van der Waals surface area contributed by atoms with Crippen LogP contribution in [0, 0.1) is 0 Å². The highest BCUT2D eigenvalue weighted by molar-refractivity contribution is 5.95. The normalized spacial score (nSPS) is 15.2. The summed E-state index contributed by atoms with van der Waals surface area (Å²) in [6, 6.07) is 5.33. The van der Waals surface area contributed by atoms with Crippen LogP contribution in [0.2, 0.25) is 0 Å². The molecule has 1 amide bonds. The maximum absolute atomic E-state index is 12.9. The molecule has 1 aromatic carbocycles. The van der Waals surface area contributed by atoms with Crippen LogP contribution >= 0.6 is 0 Å². The maximum Gasteiger partial charge on any atom is 0.254 e. The molecule has 0 fully saturated rings. The van der Waals surface area contributed by atoms with Crippen LogP contribution in [-0.2, 0) is 24.3 Å². The summed E-state index contributed by atoms with van der Waals surface area (Å²) in [4.78, 5) is 19.0. The van der Waals surface area contributed by atoms with Gasteiger partial charge in [-0.05, 0) is 48.2 Å². The Bertz CT molecular complexity index is 806. The molecule has 25 heavy (non-hydrogen) atoms. The Labute approximate surface area is 146 Å². The van der Waals surface area contributed by atoms with Gasteiger partial charge in [0.2, 0.25) is 6.79 Å². The minimum absolute atomic E-state index is 0.000777. The molecule has 130 valence electrons. The van der Waals surface area contributed by atoms with E-state index in [0.29, 0.717) is 43.4 Å². The molecule has 0 atom stereocenters. The van der Waals surface area contributed by atoms with Crippen molar-refractivity contribution in [1.82, 2.24) is 9.88 Å². The first kappa shape index (κ1) is 15.9. The van der Waals surface area contributed by atoms with Gasteiger partial charge in [0.25, 0.3) is 5.91 Å². The highest BCUT2D eigenvalue weighted by Crippen LogP contribution is 2.33. The van der Waals surface area contributed by atoms with Crippen LogP contribution in [-0.4, -0.2) is 35.7 Å². The fourth-order valence-corrected chi connectivity index (χ4v) is 3.29. The van der Waals surface area contributed by atoms with Crippen molar-refractivity contribution in [3.63, 3.8) is 0 Å². The van der Waals surface area contributed by atoms with Crippen molar-refractivity contribution in [2.75, 3.05) is 19.9 Å². The van der Waals surface area contributed by atoms with E-state index in [0.717, 1.165) is 17.5 Å². The van der Waals surface area contributed by atoms with E-state index in [1.807, 2.05) is 24.2 Å². The zero-order valence-corrected chi connectivity index (χ0v) is 14.2. The molecular formula is C19H20N2O4. The first-order valence-corrected chi connectivity index (χ1v) is 8.47. The number of benzene rings is 1. The van der Waals surface area contributed by atoms with Crippen LogP contribution in [0.5, 0.6) is 11.5 Å². The first-order valence-electron chi connectivity index (χ1n) is 8.47. The summed E-state index contributed by atoms with van der Waals surface area (Å²) in [7, 11) is 0. The molecule has 0 N–H and O–H groups in total. The van der Waals surface area contributed by atoms with E-state index in [4.69, 9.17) is 14.2 Å². The van der Waals surface area contributed by atoms with Gasteiger partial charge in [0.05, 0.1) is 6.61 Å². The molecule has 2 aliphatic rings. The Balaban J connectivity index is 1.53. The van der Waals surface area contributed by atoms with Crippen molar-refractivity contribution in [3.05, 3.63) is 52.8 Å². The van der Waals surface area contributed by atoms with Gasteiger partial charge in [0.15, 0.2) is 11.5 Å². The number of carbonyl (C=O) groups excluding carboxylic acids is 1. The molecule has 0 radical (unpaired) electrons. The summed E-state index contributed by atoms with van der Waals surface area (Å²) in [6.45, 7) is 4.69. The first-order chi connectivity index (χ1) is 12.3. The van der Waals surface area contributed by atoms with Gasteiger partial charge in [-0.2, -0.15) is 0 Å².